The van der Waals surface area contributed by atoms with Crippen LogP contribution in [-0.4, -0.2) is 36.5 Å². The molecule has 1 unspecified atom stereocenters. The van der Waals surface area contributed by atoms with E-state index in [1.54, 1.807) is 10.9 Å². The Kier molecular flexibility index (Phi) is 4.06. The van der Waals surface area contributed by atoms with Crippen LogP contribution < -0.4 is 5.32 Å². The highest BCUT2D eigenvalue weighted by Crippen LogP contribution is 2.15. The van der Waals surface area contributed by atoms with Crippen LogP contribution in [0.2, 0.25) is 0 Å². The van der Waals surface area contributed by atoms with E-state index in [1.165, 1.54) is 16.9 Å². The number of nitrogens with one attached hydrogen (secondary N) is 1. The van der Waals surface area contributed by atoms with Gasteiger partial charge in [0.1, 0.15) is 6.54 Å². The van der Waals surface area contributed by atoms with Gasteiger partial charge in [0, 0.05) is 24.5 Å². The van der Waals surface area contributed by atoms with Crippen LogP contribution in [0.4, 0.5) is 0 Å². The van der Waals surface area contributed by atoms with Crippen molar-refractivity contribution in [3.63, 3.8) is 0 Å². The van der Waals surface area contributed by atoms with Crippen molar-refractivity contribution in [2.75, 3.05) is 0 Å². The Morgan fingerprint density at radius 1 is 1.48 bits per heavy atom. The van der Waals surface area contributed by atoms with Crippen LogP contribution >= 0.6 is 0 Å². The molecule has 0 saturated carbocycles. The van der Waals surface area contributed by atoms with Gasteiger partial charge in [-0.3, -0.25) is 14.2 Å². The normalized spacial score (nSPS) is 12.1. The quantitative estimate of drug-likeness (QED) is 0.835. The number of aryl methyl sites for hydroxylation is 1. The standard InChI is InChI=1S/C13H17N5O3/c1-8(10-6-14-17(3)9(10)2)15-12(19)7-18-5-4-11(16-18)13(20)21/h4-6,8H,7H2,1-3H3,(H,15,19)(H,20,21). The molecular weight excluding hydrogens is 274 g/mol. The molecule has 0 fully saturated rings. The van der Waals surface area contributed by atoms with Crippen molar-refractivity contribution < 1.29 is 14.7 Å². The van der Waals surface area contributed by atoms with Gasteiger partial charge in [-0.2, -0.15) is 10.2 Å². The first-order chi connectivity index (χ1) is 9.88. The molecule has 8 heteroatoms. The first kappa shape index (κ1) is 14.8. The molecular formula is C13H17N5O3. The number of nitrogens with zero attached hydrogens (tertiary/aromatic N) is 4. The van der Waals surface area contributed by atoms with E-state index in [-0.39, 0.29) is 24.2 Å². The molecule has 112 valence electrons. The smallest absolute Gasteiger partial charge is 0.356 e. The van der Waals surface area contributed by atoms with E-state index in [2.05, 4.69) is 15.5 Å². The van der Waals surface area contributed by atoms with Gasteiger partial charge < -0.3 is 10.4 Å². The topological polar surface area (TPSA) is 102 Å². The Bertz CT molecular complexity index is 673. The van der Waals surface area contributed by atoms with Crippen LogP contribution in [0.3, 0.4) is 0 Å². The summed E-state index contributed by atoms with van der Waals surface area (Å²) in [5, 5.41) is 19.5. The van der Waals surface area contributed by atoms with E-state index in [0.717, 1.165) is 11.3 Å². The Labute approximate surface area is 121 Å². The molecule has 1 atom stereocenters. The van der Waals surface area contributed by atoms with E-state index >= 15 is 0 Å². The molecule has 0 aliphatic heterocycles. The van der Waals surface area contributed by atoms with Gasteiger partial charge in [-0.25, -0.2) is 4.79 Å². The Morgan fingerprint density at radius 3 is 2.71 bits per heavy atom. The molecule has 8 nitrogen and oxygen atoms in total. The number of carbonyl (C=O) groups excluding carboxylic acids is 1. The van der Waals surface area contributed by atoms with Crippen molar-refractivity contribution in [2.45, 2.75) is 26.4 Å². The van der Waals surface area contributed by atoms with Gasteiger partial charge in [0.2, 0.25) is 5.91 Å². The van der Waals surface area contributed by atoms with Crippen molar-refractivity contribution in [1.29, 1.82) is 0 Å². The van der Waals surface area contributed by atoms with Crippen LogP contribution in [0.1, 0.15) is 34.7 Å². The molecule has 0 aliphatic carbocycles. The Hall–Kier alpha value is -2.64. The van der Waals surface area contributed by atoms with Crippen molar-refractivity contribution in [3.05, 3.63) is 35.4 Å². The molecule has 2 aromatic rings. The molecule has 21 heavy (non-hydrogen) atoms. The molecule has 0 aromatic carbocycles. The fraction of sp³-hybridized carbons (Fsp3) is 0.385. The minimum atomic E-state index is -1.12. The maximum Gasteiger partial charge on any atom is 0.356 e. The second kappa shape index (κ2) is 5.78. The highest BCUT2D eigenvalue weighted by Gasteiger charge is 2.15. The fourth-order valence-corrected chi connectivity index (χ4v) is 2.02. The van der Waals surface area contributed by atoms with Crippen molar-refractivity contribution in [3.8, 4) is 0 Å². The minimum absolute atomic E-state index is 0.0308. The fourth-order valence-electron chi connectivity index (χ4n) is 2.02. The molecule has 1 amide bonds. The van der Waals surface area contributed by atoms with Gasteiger partial charge >= 0.3 is 5.97 Å². The van der Waals surface area contributed by atoms with E-state index in [0.29, 0.717) is 0 Å². The Morgan fingerprint density at radius 2 is 2.19 bits per heavy atom. The van der Waals surface area contributed by atoms with Gasteiger partial charge in [-0.1, -0.05) is 0 Å². The van der Waals surface area contributed by atoms with Gasteiger partial charge in [-0.15, -0.1) is 0 Å². The highest BCUT2D eigenvalue weighted by molar-refractivity contribution is 5.85. The number of hydrogen-bond donors (Lipinski definition) is 2. The van der Waals surface area contributed by atoms with E-state index in [1.807, 2.05) is 20.9 Å². The molecule has 0 bridgehead atoms. The number of hydrogen-bond acceptors (Lipinski definition) is 4. The van der Waals surface area contributed by atoms with Crippen LogP contribution in [0.5, 0.6) is 0 Å². The number of carbonyl (C=O) groups is 2. The summed E-state index contributed by atoms with van der Waals surface area (Å²) in [4.78, 5) is 22.7. The summed E-state index contributed by atoms with van der Waals surface area (Å²) in [6.45, 7) is 3.77. The van der Waals surface area contributed by atoms with Gasteiger partial charge in [0.05, 0.1) is 12.2 Å². The van der Waals surface area contributed by atoms with Crippen LogP contribution in [0.15, 0.2) is 18.5 Å². The second-order valence-electron chi connectivity index (χ2n) is 4.80. The lowest BCUT2D eigenvalue weighted by molar-refractivity contribution is -0.122. The predicted molar refractivity (Wildman–Crippen MR) is 73.7 cm³/mol. The number of carboxylic acids is 1. The number of carboxylic acid groups (broad SMARTS) is 1. The number of aromatic nitrogens is 4. The molecule has 0 radical (unpaired) electrons. The average molecular weight is 291 g/mol. The molecule has 2 rings (SSSR count). The summed E-state index contributed by atoms with van der Waals surface area (Å²) in [6, 6.07) is 1.17. The third kappa shape index (κ3) is 3.28. The molecule has 2 N–H and O–H groups in total. The van der Waals surface area contributed by atoms with Crippen molar-refractivity contribution >= 4 is 11.9 Å². The average Bonchev–Trinajstić information content (AvgIpc) is 2.98. The van der Waals surface area contributed by atoms with Gasteiger partial charge in [-0.05, 0) is 19.9 Å². The van der Waals surface area contributed by atoms with Crippen LogP contribution in [-0.2, 0) is 18.4 Å². The van der Waals surface area contributed by atoms with E-state index < -0.39 is 5.97 Å². The summed E-state index contributed by atoms with van der Waals surface area (Å²) >= 11 is 0. The lowest BCUT2D eigenvalue weighted by Gasteiger charge is -2.13. The van der Waals surface area contributed by atoms with Crippen molar-refractivity contribution in [2.24, 2.45) is 7.05 Å². The first-order valence-corrected chi connectivity index (χ1v) is 6.43. The molecule has 2 aromatic heterocycles. The maximum atomic E-state index is 11.9. The van der Waals surface area contributed by atoms with Crippen LogP contribution in [0, 0.1) is 6.92 Å². The number of aromatic carboxylic acids is 1. The zero-order chi connectivity index (χ0) is 15.6. The van der Waals surface area contributed by atoms with Gasteiger partial charge in [0.15, 0.2) is 5.69 Å². The molecule has 0 aliphatic rings. The molecule has 2 heterocycles. The van der Waals surface area contributed by atoms with Crippen LogP contribution in [0.25, 0.3) is 0 Å². The number of rotatable bonds is 5. The lowest BCUT2D eigenvalue weighted by atomic mass is 10.1. The lowest BCUT2D eigenvalue weighted by Crippen LogP contribution is -2.30. The largest absolute Gasteiger partial charge is 0.476 e. The summed E-state index contributed by atoms with van der Waals surface area (Å²) in [5.74, 6) is -1.36. The van der Waals surface area contributed by atoms with E-state index in [4.69, 9.17) is 5.11 Å². The number of amides is 1. The van der Waals surface area contributed by atoms with E-state index in [9.17, 15) is 9.59 Å². The zero-order valence-corrected chi connectivity index (χ0v) is 12.1. The molecule has 0 saturated heterocycles. The molecule has 0 spiro atoms. The SMILES string of the molecule is Cc1c(C(C)NC(=O)Cn2ccc(C(=O)O)n2)cnn1C. The third-order valence-corrected chi connectivity index (χ3v) is 3.28. The monoisotopic (exact) mass is 291 g/mol. The minimum Gasteiger partial charge on any atom is -0.476 e. The highest BCUT2D eigenvalue weighted by atomic mass is 16.4. The second-order valence-corrected chi connectivity index (χ2v) is 4.80. The van der Waals surface area contributed by atoms with Gasteiger partial charge in [0.25, 0.3) is 0 Å². The maximum absolute atomic E-state index is 11.9. The summed E-state index contributed by atoms with van der Waals surface area (Å²) in [6.07, 6.45) is 3.18. The summed E-state index contributed by atoms with van der Waals surface area (Å²) in [7, 11) is 1.84. The predicted octanol–water partition coefficient (Wildman–Crippen LogP) is 0.501. The zero-order valence-electron chi connectivity index (χ0n) is 12.1. The Balaban J connectivity index is 1.97. The summed E-state index contributed by atoms with van der Waals surface area (Å²) < 4.78 is 3.03. The third-order valence-electron chi connectivity index (χ3n) is 3.28. The summed E-state index contributed by atoms with van der Waals surface area (Å²) in [5.41, 5.74) is 1.84. The first-order valence-electron chi connectivity index (χ1n) is 6.43. The van der Waals surface area contributed by atoms with Crippen molar-refractivity contribution in [1.82, 2.24) is 24.9 Å².